The van der Waals surface area contributed by atoms with Crippen LogP contribution in [0.25, 0.3) is 11.4 Å². The number of carbonyl (C=O) groups is 1. The second-order valence-corrected chi connectivity index (χ2v) is 7.06. The van der Waals surface area contributed by atoms with Crippen molar-refractivity contribution in [2.75, 3.05) is 13.1 Å². The normalized spacial score (nSPS) is 16.7. The first kappa shape index (κ1) is 19.1. The van der Waals surface area contributed by atoms with E-state index in [2.05, 4.69) is 9.97 Å². The Hall–Kier alpha value is -3.22. The lowest BCUT2D eigenvalue weighted by Crippen LogP contribution is -2.39. The Morgan fingerprint density at radius 2 is 1.79 bits per heavy atom. The number of amides is 1. The van der Waals surface area contributed by atoms with Gasteiger partial charge in [0.15, 0.2) is 5.82 Å². The lowest BCUT2D eigenvalue weighted by molar-refractivity contribution is 0.0705. The zero-order valence-electron chi connectivity index (χ0n) is 15.5. The van der Waals surface area contributed by atoms with Crippen molar-refractivity contribution < 1.29 is 18.0 Å². The number of carbonyl (C=O) groups excluding carboxylic acids is 1. The van der Waals surface area contributed by atoms with Crippen LogP contribution in [0, 0.1) is 17.5 Å². The van der Waals surface area contributed by atoms with E-state index in [4.69, 9.17) is 0 Å². The molecule has 1 amide bonds. The highest BCUT2D eigenvalue weighted by Crippen LogP contribution is 2.28. The Balaban J connectivity index is 1.55. The third kappa shape index (κ3) is 4.29. The molecule has 1 aromatic heterocycles. The lowest BCUT2D eigenvalue weighted by atomic mass is 9.94. The number of nitrogens with zero attached hydrogens (tertiary/aromatic N) is 3. The van der Waals surface area contributed by atoms with E-state index >= 15 is 0 Å². The SMILES string of the molecule is O=C(c1cc(F)cc(F)c1)N1CCC[C@H](c2ccnc(-c3cccc(F)c3)n2)C1. The molecule has 1 aliphatic heterocycles. The van der Waals surface area contributed by atoms with E-state index in [1.807, 2.05) is 0 Å². The first-order valence-electron chi connectivity index (χ1n) is 9.34. The van der Waals surface area contributed by atoms with Crippen LogP contribution in [0.15, 0.2) is 54.7 Å². The maximum absolute atomic E-state index is 13.5. The van der Waals surface area contributed by atoms with E-state index in [0.29, 0.717) is 24.5 Å². The molecule has 0 spiro atoms. The molecule has 29 heavy (non-hydrogen) atoms. The summed E-state index contributed by atoms with van der Waals surface area (Å²) in [6, 6.07) is 10.7. The number of rotatable bonds is 3. The zero-order chi connectivity index (χ0) is 20.4. The van der Waals surface area contributed by atoms with Crippen molar-refractivity contribution in [1.82, 2.24) is 14.9 Å². The molecular weight excluding hydrogens is 379 g/mol. The molecule has 7 heteroatoms. The van der Waals surface area contributed by atoms with Gasteiger partial charge in [0.2, 0.25) is 0 Å². The van der Waals surface area contributed by atoms with Crippen LogP contribution in [0.5, 0.6) is 0 Å². The Labute approximate surface area is 166 Å². The summed E-state index contributed by atoms with van der Waals surface area (Å²) in [5.74, 6) is -1.96. The average Bonchev–Trinajstić information content (AvgIpc) is 2.73. The zero-order valence-corrected chi connectivity index (χ0v) is 15.5. The number of halogens is 3. The maximum atomic E-state index is 13.5. The summed E-state index contributed by atoms with van der Waals surface area (Å²) in [6.45, 7) is 0.895. The lowest BCUT2D eigenvalue weighted by Gasteiger charge is -2.32. The topological polar surface area (TPSA) is 46.1 Å². The van der Waals surface area contributed by atoms with E-state index in [9.17, 15) is 18.0 Å². The van der Waals surface area contributed by atoms with Gasteiger partial charge in [0.1, 0.15) is 17.5 Å². The van der Waals surface area contributed by atoms with Gasteiger partial charge in [-0.2, -0.15) is 0 Å². The second kappa shape index (κ2) is 8.03. The fraction of sp³-hybridized carbons (Fsp3) is 0.227. The van der Waals surface area contributed by atoms with Gasteiger partial charge < -0.3 is 4.90 Å². The van der Waals surface area contributed by atoms with Gasteiger partial charge >= 0.3 is 0 Å². The molecule has 2 aromatic carbocycles. The first-order chi connectivity index (χ1) is 14.0. The molecule has 0 saturated carbocycles. The number of piperidine rings is 1. The summed E-state index contributed by atoms with van der Waals surface area (Å²) in [5.41, 5.74) is 1.32. The highest BCUT2D eigenvalue weighted by Gasteiger charge is 2.27. The Kier molecular flexibility index (Phi) is 5.29. The summed E-state index contributed by atoms with van der Waals surface area (Å²) in [5, 5.41) is 0. The minimum absolute atomic E-state index is 0.00807. The third-order valence-corrected chi connectivity index (χ3v) is 5.00. The predicted octanol–water partition coefficient (Wildman–Crippen LogP) is 4.58. The van der Waals surface area contributed by atoms with E-state index in [0.717, 1.165) is 36.7 Å². The van der Waals surface area contributed by atoms with Gasteiger partial charge in [-0.05, 0) is 43.2 Å². The van der Waals surface area contributed by atoms with Crippen LogP contribution >= 0.6 is 0 Å². The van der Waals surface area contributed by atoms with Gasteiger partial charge in [-0.1, -0.05) is 12.1 Å². The molecule has 148 valence electrons. The fourth-order valence-corrected chi connectivity index (χ4v) is 3.63. The van der Waals surface area contributed by atoms with Crippen LogP contribution < -0.4 is 0 Å². The monoisotopic (exact) mass is 397 g/mol. The first-order valence-corrected chi connectivity index (χ1v) is 9.34. The third-order valence-electron chi connectivity index (χ3n) is 5.00. The van der Waals surface area contributed by atoms with Crippen LogP contribution in [0.1, 0.15) is 34.8 Å². The smallest absolute Gasteiger partial charge is 0.254 e. The van der Waals surface area contributed by atoms with Crippen molar-refractivity contribution in [3.05, 3.63) is 83.4 Å². The number of hydrogen-bond acceptors (Lipinski definition) is 3. The molecule has 3 aromatic rings. The molecule has 1 aliphatic rings. The Bertz CT molecular complexity index is 1040. The molecule has 0 aliphatic carbocycles. The number of hydrogen-bond donors (Lipinski definition) is 0. The largest absolute Gasteiger partial charge is 0.338 e. The number of benzene rings is 2. The highest BCUT2D eigenvalue weighted by atomic mass is 19.1. The van der Waals surface area contributed by atoms with Crippen molar-refractivity contribution in [2.45, 2.75) is 18.8 Å². The van der Waals surface area contributed by atoms with Crippen LogP contribution in [-0.2, 0) is 0 Å². The number of likely N-dealkylation sites (tertiary alicyclic amines) is 1. The molecule has 0 unspecified atom stereocenters. The molecule has 4 rings (SSSR count). The van der Waals surface area contributed by atoms with Gasteiger partial charge in [-0.15, -0.1) is 0 Å². The average molecular weight is 397 g/mol. The quantitative estimate of drug-likeness (QED) is 0.650. The molecule has 0 radical (unpaired) electrons. The van der Waals surface area contributed by atoms with E-state index < -0.39 is 17.5 Å². The molecule has 1 atom stereocenters. The van der Waals surface area contributed by atoms with E-state index in [1.54, 1.807) is 29.3 Å². The van der Waals surface area contributed by atoms with Crippen LogP contribution in [-0.4, -0.2) is 33.9 Å². The van der Waals surface area contributed by atoms with Crippen molar-refractivity contribution in [2.24, 2.45) is 0 Å². The minimum atomic E-state index is -0.780. The maximum Gasteiger partial charge on any atom is 0.254 e. The Morgan fingerprint density at radius 1 is 1.00 bits per heavy atom. The van der Waals surface area contributed by atoms with Crippen molar-refractivity contribution in [1.29, 1.82) is 0 Å². The minimum Gasteiger partial charge on any atom is -0.338 e. The molecule has 1 fully saturated rings. The van der Waals surface area contributed by atoms with E-state index in [1.165, 1.54) is 12.1 Å². The summed E-state index contributed by atoms with van der Waals surface area (Å²) in [4.78, 5) is 23.1. The molecule has 0 bridgehead atoms. The Morgan fingerprint density at radius 3 is 2.55 bits per heavy atom. The summed E-state index contributed by atoms with van der Waals surface area (Å²) in [7, 11) is 0. The van der Waals surface area contributed by atoms with E-state index in [-0.39, 0.29) is 17.3 Å². The van der Waals surface area contributed by atoms with Gasteiger partial charge in [0, 0.05) is 48.1 Å². The van der Waals surface area contributed by atoms with Crippen molar-refractivity contribution in [3.63, 3.8) is 0 Å². The molecule has 1 saturated heterocycles. The highest BCUT2D eigenvalue weighted by molar-refractivity contribution is 5.94. The van der Waals surface area contributed by atoms with Gasteiger partial charge in [-0.3, -0.25) is 4.79 Å². The van der Waals surface area contributed by atoms with Gasteiger partial charge in [-0.25, -0.2) is 23.1 Å². The molecule has 2 heterocycles. The van der Waals surface area contributed by atoms with Crippen molar-refractivity contribution >= 4 is 5.91 Å². The molecule has 4 nitrogen and oxygen atoms in total. The second-order valence-electron chi connectivity index (χ2n) is 7.06. The molecular formula is C22H18F3N3O. The van der Waals surface area contributed by atoms with Crippen LogP contribution in [0.2, 0.25) is 0 Å². The van der Waals surface area contributed by atoms with Gasteiger partial charge in [0.25, 0.3) is 5.91 Å². The number of aromatic nitrogens is 2. The summed E-state index contributed by atoms with van der Waals surface area (Å²) >= 11 is 0. The molecule has 0 N–H and O–H groups in total. The predicted molar refractivity (Wildman–Crippen MR) is 102 cm³/mol. The van der Waals surface area contributed by atoms with Crippen molar-refractivity contribution in [3.8, 4) is 11.4 Å². The summed E-state index contributed by atoms with van der Waals surface area (Å²) in [6.07, 6.45) is 3.18. The summed E-state index contributed by atoms with van der Waals surface area (Å²) < 4.78 is 40.5. The standard InChI is InChI=1S/C22H18F3N3O/c23-17-5-1-3-14(9-17)21-26-7-6-20(27-21)15-4-2-8-28(13-15)22(29)16-10-18(24)12-19(25)11-16/h1,3,5-7,9-12,15H,2,4,8,13H2/t15-/m0/s1. The van der Waals surface area contributed by atoms with Gasteiger partial charge in [0.05, 0.1) is 0 Å². The van der Waals surface area contributed by atoms with Crippen LogP contribution in [0.3, 0.4) is 0 Å². The fourth-order valence-electron chi connectivity index (χ4n) is 3.63. The van der Waals surface area contributed by atoms with Crippen LogP contribution in [0.4, 0.5) is 13.2 Å².